The van der Waals surface area contributed by atoms with Gasteiger partial charge in [0.05, 0.1) is 44.3 Å². The summed E-state index contributed by atoms with van der Waals surface area (Å²) in [4.78, 5) is 11.7. The standard InChI is InChI=1S/C21H25N7O2/c1-14-13-30-9-7-28(14)19-10-17(15-11-25-27(12-15)6-8-29)16-3-5-24-21(20(16)26-19)18(23)2-4-22/h2-5,10-12,14,22,29H,6-9,13,23H2,1H3/p+1. The first-order valence-corrected chi connectivity index (χ1v) is 9.91. The molecule has 9 nitrogen and oxygen atoms in total. The lowest BCUT2D eigenvalue weighted by molar-refractivity contribution is -0.104. The second-order valence-electron chi connectivity index (χ2n) is 7.23. The highest BCUT2D eigenvalue weighted by Crippen LogP contribution is 2.34. The van der Waals surface area contributed by atoms with E-state index >= 15 is 0 Å². The molecule has 4 heterocycles. The van der Waals surface area contributed by atoms with Gasteiger partial charge in [0.15, 0.2) is 6.21 Å². The minimum atomic E-state index is 0.0275. The Hall–Kier alpha value is -3.30. The van der Waals surface area contributed by atoms with Gasteiger partial charge in [-0.1, -0.05) is 0 Å². The molecule has 9 heteroatoms. The fraction of sp³-hybridized carbons (Fsp3) is 0.333. The van der Waals surface area contributed by atoms with Crippen LogP contribution in [0.2, 0.25) is 0 Å². The molecule has 4 rings (SSSR count). The molecule has 30 heavy (non-hydrogen) atoms. The fourth-order valence-corrected chi connectivity index (χ4v) is 3.71. The number of aromatic nitrogens is 4. The maximum Gasteiger partial charge on any atom is 0.162 e. The van der Waals surface area contributed by atoms with Crippen LogP contribution in [-0.4, -0.2) is 63.5 Å². The van der Waals surface area contributed by atoms with E-state index in [4.69, 9.17) is 20.9 Å². The number of anilines is 1. The van der Waals surface area contributed by atoms with Crippen LogP contribution in [-0.2, 0) is 11.3 Å². The van der Waals surface area contributed by atoms with E-state index < -0.39 is 0 Å². The van der Waals surface area contributed by atoms with Gasteiger partial charge in [0, 0.05) is 36.0 Å². The van der Waals surface area contributed by atoms with E-state index in [1.807, 2.05) is 12.3 Å². The molecule has 3 aromatic heterocycles. The molecule has 3 aromatic rings. The summed E-state index contributed by atoms with van der Waals surface area (Å²) in [6, 6.07) is 4.19. The molecule has 1 saturated heterocycles. The number of aliphatic hydroxyl groups is 1. The molecule has 0 aliphatic carbocycles. The molecule has 1 aliphatic heterocycles. The molecule has 1 aliphatic rings. The highest BCUT2D eigenvalue weighted by Gasteiger charge is 2.23. The third-order valence-corrected chi connectivity index (χ3v) is 5.20. The summed E-state index contributed by atoms with van der Waals surface area (Å²) in [5.74, 6) is 0.835. The van der Waals surface area contributed by atoms with Gasteiger partial charge >= 0.3 is 0 Å². The van der Waals surface area contributed by atoms with Crippen LogP contribution in [0.5, 0.6) is 0 Å². The van der Waals surface area contributed by atoms with Crippen molar-refractivity contribution >= 4 is 28.6 Å². The molecule has 5 N–H and O–H groups in total. The smallest absolute Gasteiger partial charge is 0.162 e. The number of hydrogen-bond donors (Lipinski definition) is 3. The third-order valence-electron chi connectivity index (χ3n) is 5.20. The predicted octanol–water partition coefficient (Wildman–Crippen LogP) is -0.160. The molecular weight excluding hydrogens is 382 g/mol. The summed E-state index contributed by atoms with van der Waals surface area (Å²) in [5, 5.41) is 20.1. The van der Waals surface area contributed by atoms with Crippen LogP contribution < -0.4 is 16.0 Å². The van der Waals surface area contributed by atoms with Crippen LogP contribution in [0.25, 0.3) is 27.7 Å². The Bertz CT molecular complexity index is 1090. The highest BCUT2D eigenvalue weighted by atomic mass is 16.5. The Morgan fingerprint density at radius 2 is 2.33 bits per heavy atom. The van der Waals surface area contributed by atoms with Gasteiger partial charge in [0.1, 0.15) is 17.0 Å². The van der Waals surface area contributed by atoms with Crippen molar-refractivity contribution in [3.8, 4) is 11.1 Å². The number of fused-ring (bicyclic) bond motifs is 1. The number of nitrogens with two attached hydrogens (primary N) is 2. The predicted molar refractivity (Wildman–Crippen MR) is 116 cm³/mol. The molecule has 0 spiro atoms. The first kappa shape index (κ1) is 20.0. The van der Waals surface area contributed by atoms with Gasteiger partial charge in [-0.05, 0) is 24.6 Å². The van der Waals surface area contributed by atoms with Crippen LogP contribution >= 0.6 is 0 Å². The molecule has 1 unspecified atom stereocenters. The van der Waals surface area contributed by atoms with Crippen LogP contribution in [0.4, 0.5) is 5.82 Å². The number of hydrogen-bond acceptors (Lipinski definition) is 7. The van der Waals surface area contributed by atoms with Gasteiger partial charge in [0.2, 0.25) is 0 Å². The van der Waals surface area contributed by atoms with Gasteiger partial charge < -0.3 is 20.5 Å². The molecule has 0 saturated carbocycles. The van der Waals surface area contributed by atoms with Crippen LogP contribution in [0.1, 0.15) is 12.6 Å². The minimum absolute atomic E-state index is 0.0275. The molecular formula is C21H26N7O2+. The van der Waals surface area contributed by atoms with Gasteiger partial charge in [-0.25, -0.2) is 4.98 Å². The molecule has 0 amide bonds. The minimum Gasteiger partial charge on any atom is -0.397 e. The zero-order chi connectivity index (χ0) is 21.1. The normalized spacial score (nSPS) is 17.5. The van der Waals surface area contributed by atoms with Crippen molar-refractivity contribution < 1.29 is 15.3 Å². The van der Waals surface area contributed by atoms with E-state index in [9.17, 15) is 5.11 Å². The number of pyridine rings is 2. The quantitative estimate of drug-likeness (QED) is 0.484. The Balaban J connectivity index is 1.95. The van der Waals surface area contributed by atoms with Gasteiger partial charge in [-0.3, -0.25) is 15.1 Å². The lowest BCUT2D eigenvalue weighted by Gasteiger charge is -2.34. The first-order chi connectivity index (χ1) is 14.6. The van der Waals surface area contributed by atoms with Crippen molar-refractivity contribution in [2.24, 2.45) is 5.73 Å². The second kappa shape index (κ2) is 8.60. The van der Waals surface area contributed by atoms with Gasteiger partial charge in [-0.2, -0.15) is 5.10 Å². The lowest BCUT2D eigenvalue weighted by Crippen LogP contribution is -2.44. The SMILES string of the molecule is CC1COCCN1c1cc(-c2cnn(CCO)c2)c2ccnc(C(N)=CC=[NH2+])c2n1. The highest BCUT2D eigenvalue weighted by molar-refractivity contribution is 6.00. The zero-order valence-electron chi connectivity index (χ0n) is 16.9. The van der Waals surface area contributed by atoms with Crippen molar-refractivity contribution in [2.75, 3.05) is 31.3 Å². The van der Waals surface area contributed by atoms with Crippen molar-refractivity contribution in [1.29, 1.82) is 0 Å². The Labute approximate surface area is 174 Å². The Kier molecular flexibility index (Phi) is 5.73. The van der Waals surface area contributed by atoms with Crippen LogP contribution in [0, 0.1) is 0 Å². The lowest BCUT2D eigenvalue weighted by atomic mass is 10.0. The van der Waals surface area contributed by atoms with Crippen molar-refractivity contribution in [1.82, 2.24) is 19.7 Å². The largest absolute Gasteiger partial charge is 0.397 e. The van der Waals surface area contributed by atoms with E-state index in [1.165, 1.54) is 6.21 Å². The van der Waals surface area contributed by atoms with Crippen molar-refractivity contribution in [2.45, 2.75) is 19.5 Å². The summed E-state index contributed by atoms with van der Waals surface area (Å²) in [7, 11) is 0. The first-order valence-electron chi connectivity index (χ1n) is 9.91. The topological polar surface area (TPSA) is 128 Å². The number of allylic oxidation sites excluding steroid dienone is 1. The number of ether oxygens (including phenoxy) is 1. The zero-order valence-corrected chi connectivity index (χ0v) is 16.9. The average molecular weight is 408 g/mol. The Morgan fingerprint density at radius 1 is 1.47 bits per heavy atom. The molecule has 0 bridgehead atoms. The van der Waals surface area contributed by atoms with Crippen molar-refractivity contribution in [3.63, 3.8) is 0 Å². The van der Waals surface area contributed by atoms with E-state index in [-0.39, 0.29) is 12.6 Å². The van der Waals surface area contributed by atoms with Crippen LogP contribution in [0.3, 0.4) is 0 Å². The molecule has 0 aromatic carbocycles. The summed E-state index contributed by atoms with van der Waals surface area (Å²) in [6.07, 6.45) is 8.44. The monoisotopic (exact) mass is 408 g/mol. The van der Waals surface area contributed by atoms with Gasteiger partial charge in [-0.15, -0.1) is 0 Å². The molecule has 1 atom stereocenters. The molecule has 156 valence electrons. The summed E-state index contributed by atoms with van der Waals surface area (Å²) < 4.78 is 7.31. The van der Waals surface area contributed by atoms with E-state index in [2.05, 4.69) is 28.0 Å². The van der Waals surface area contributed by atoms with E-state index in [1.54, 1.807) is 23.2 Å². The average Bonchev–Trinajstić information content (AvgIpc) is 3.22. The second-order valence-corrected chi connectivity index (χ2v) is 7.23. The summed E-state index contributed by atoms with van der Waals surface area (Å²) in [6.45, 7) is 4.63. The third kappa shape index (κ3) is 3.77. The summed E-state index contributed by atoms with van der Waals surface area (Å²) >= 11 is 0. The fourth-order valence-electron chi connectivity index (χ4n) is 3.71. The molecule has 1 fully saturated rings. The van der Waals surface area contributed by atoms with Gasteiger partial charge in [0.25, 0.3) is 0 Å². The maximum absolute atomic E-state index is 9.23. The van der Waals surface area contributed by atoms with Crippen molar-refractivity contribution in [3.05, 3.63) is 42.5 Å². The van der Waals surface area contributed by atoms with Crippen LogP contribution in [0.15, 0.2) is 36.8 Å². The molecule has 0 radical (unpaired) electrons. The Morgan fingerprint density at radius 3 is 3.10 bits per heavy atom. The number of rotatable bonds is 6. The number of nitrogens with zero attached hydrogens (tertiary/aromatic N) is 5. The van der Waals surface area contributed by atoms with E-state index in [0.717, 1.165) is 28.9 Å². The van der Waals surface area contributed by atoms with E-state index in [0.29, 0.717) is 36.7 Å². The summed E-state index contributed by atoms with van der Waals surface area (Å²) in [5.41, 5.74) is 9.88. The number of aliphatic hydroxyl groups excluding tert-OH is 1. The number of morpholine rings is 1. The maximum atomic E-state index is 9.23.